The zero-order chi connectivity index (χ0) is 23.4. The van der Waals surface area contributed by atoms with E-state index < -0.39 is 0 Å². The molecule has 0 bridgehead atoms. The molecule has 0 aromatic heterocycles. The van der Waals surface area contributed by atoms with Gasteiger partial charge in [0.05, 0.1) is 0 Å². The summed E-state index contributed by atoms with van der Waals surface area (Å²) in [5.41, 5.74) is 1.14. The smallest absolute Gasteiger partial charge is 0.319 e. The number of anilines is 2. The molecule has 2 aromatic rings. The summed E-state index contributed by atoms with van der Waals surface area (Å²) < 4.78 is 0. The van der Waals surface area contributed by atoms with Gasteiger partial charge in [-0.05, 0) is 66.5 Å². The fourth-order valence-electron chi connectivity index (χ4n) is 4.82. The third-order valence-corrected chi connectivity index (χ3v) is 6.09. The minimum absolute atomic E-state index is 0.0132. The second-order valence-electron chi connectivity index (χ2n) is 9.68. The van der Waals surface area contributed by atoms with Crippen molar-refractivity contribution in [3.8, 4) is 0 Å². The molecule has 172 valence electrons. The topological polar surface area (TPSA) is 82.3 Å². The quantitative estimate of drug-likeness (QED) is 0.395. The van der Waals surface area contributed by atoms with Gasteiger partial charge in [-0.15, -0.1) is 0 Å². The number of nitrogens with one attached hydrogen (secondary N) is 4. The average molecular weight is 477 g/mol. The van der Waals surface area contributed by atoms with Crippen LogP contribution in [0.3, 0.4) is 0 Å². The zero-order valence-corrected chi connectivity index (χ0v) is 20.1. The Hall–Kier alpha value is -2.44. The molecule has 4 N–H and O–H groups in total. The Bertz CT molecular complexity index is 982. The monoisotopic (exact) mass is 476 g/mol. The lowest BCUT2D eigenvalue weighted by Gasteiger charge is -2.46. The first-order valence-corrected chi connectivity index (χ1v) is 11.4. The zero-order valence-electron chi connectivity index (χ0n) is 18.6. The molecule has 1 aliphatic rings. The molecule has 2 atom stereocenters. The largest absolute Gasteiger partial charge is 0.337 e. The number of hydrogen-bond acceptors (Lipinski definition) is 2. The van der Waals surface area contributed by atoms with E-state index >= 15 is 0 Å². The van der Waals surface area contributed by atoms with Crippen LogP contribution in [-0.4, -0.2) is 24.6 Å². The highest BCUT2D eigenvalue weighted by Crippen LogP contribution is 2.45. The lowest BCUT2D eigenvalue weighted by Crippen LogP contribution is -2.51. The van der Waals surface area contributed by atoms with Crippen molar-refractivity contribution in [3.05, 3.63) is 58.6 Å². The summed E-state index contributed by atoms with van der Waals surface area (Å²) in [6.45, 7) is 7.04. The second kappa shape index (κ2) is 10.0. The Kier molecular flexibility index (Phi) is 7.57. The molecule has 4 amide bonds. The Morgan fingerprint density at radius 1 is 0.906 bits per heavy atom. The number of urea groups is 2. The highest BCUT2D eigenvalue weighted by atomic mass is 35.5. The van der Waals surface area contributed by atoms with Gasteiger partial charge in [0.15, 0.2) is 0 Å². The molecule has 0 heterocycles. The van der Waals surface area contributed by atoms with Crippen molar-refractivity contribution >= 4 is 46.6 Å². The summed E-state index contributed by atoms with van der Waals surface area (Å²) in [6, 6.07) is 13.5. The summed E-state index contributed by atoms with van der Waals surface area (Å²) >= 11 is 12.0. The molecule has 3 rings (SSSR count). The lowest BCUT2D eigenvalue weighted by atomic mass is 9.62. The molecule has 0 aliphatic heterocycles. The molecule has 6 nitrogen and oxygen atoms in total. The maximum absolute atomic E-state index is 12.6. The molecule has 8 heteroatoms. The molecular formula is C24H30Cl2N4O2. The predicted octanol–water partition coefficient (Wildman–Crippen LogP) is 6.52. The van der Waals surface area contributed by atoms with Crippen LogP contribution in [0.15, 0.2) is 48.5 Å². The Labute approximate surface area is 199 Å². The number of amides is 4. The SMILES string of the molecule is CC1(C)C[C@H](NC(=O)Nc2cccc(Cl)c2)C[C@](C)(CNC(=O)Nc2cccc(Cl)c2)C1. The second-order valence-corrected chi connectivity index (χ2v) is 10.6. The number of carbonyl (C=O) groups excluding carboxylic acids is 2. The fourth-order valence-corrected chi connectivity index (χ4v) is 5.21. The molecule has 0 spiro atoms. The number of benzene rings is 2. The number of halogens is 2. The Morgan fingerprint density at radius 3 is 2.03 bits per heavy atom. The summed E-state index contributed by atoms with van der Waals surface area (Å²) in [7, 11) is 0. The Balaban J connectivity index is 1.57. The molecule has 1 fully saturated rings. The normalized spacial score (nSPS) is 22.0. The van der Waals surface area contributed by atoms with Crippen LogP contribution in [0.2, 0.25) is 10.0 Å². The standard InChI is InChI=1S/C24H30Cl2N4O2/c1-23(2)12-20(30-22(32)29-19-9-5-7-17(26)11-19)13-24(3,14-23)15-27-21(31)28-18-8-4-6-16(25)10-18/h4-11,20H,12-15H2,1-3H3,(H2,27,28,31)(H2,29,30,32)/t20-,24-/m0/s1. The van der Waals surface area contributed by atoms with E-state index in [1.807, 2.05) is 0 Å². The van der Waals surface area contributed by atoms with Gasteiger partial charge in [-0.2, -0.15) is 0 Å². The maximum Gasteiger partial charge on any atom is 0.319 e. The van der Waals surface area contributed by atoms with Gasteiger partial charge in [0, 0.05) is 34.0 Å². The number of carbonyl (C=O) groups is 2. The van der Waals surface area contributed by atoms with Gasteiger partial charge < -0.3 is 21.3 Å². The number of hydrogen-bond donors (Lipinski definition) is 4. The molecule has 0 saturated heterocycles. The van der Waals surface area contributed by atoms with E-state index in [2.05, 4.69) is 42.0 Å². The first kappa shape index (κ1) is 24.2. The van der Waals surface area contributed by atoms with Gasteiger partial charge in [0.25, 0.3) is 0 Å². The third kappa shape index (κ3) is 7.31. The van der Waals surface area contributed by atoms with Gasteiger partial charge in [-0.3, -0.25) is 0 Å². The van der Waals surface area contributed by atoms with Crippen LogP contribution in [0.4, 0.5) is 21.0 Å². The van der Waals surface area contributed by atoms with Crippen LogP contribution >= 0.6 is 23.2 Å². The van der Waals surface area contributed by atoms with E-state index in [-0.39, 0.29) is 28.9 Å². The summed E-state index contributed by atoms with van der Waals surface area (Å²) in [4.78, 5) is 25.0. The van der Waals surface area contributed by atoms with E-state index in [9.17, 15) is 9.59 Å². The van der Waals surface area contributed by atoms with Gasteiger partial charge in [-0.25, -0.2) is 9.59 Å². The molecule has 2 aromatic carbocycles. The van der Waals surface area contributed by atoms with Crippen LogP contribution < -0.4 is 21.3 Å². The molecule has 0 radical (unpaired) electrons. The predicted molar refractivity (Wildman–Crippen MR) is 132 cm³/mol. The van der Waals surface area contributed by atoms with Crippen LogP contribution in [-0.2, 0) is 0 Å². The molecule has 1 aliphatic carbocycles. The van der Waals surface area contributed by atoms with Crippen LogP contribution in [0.5, 0.6) is 0 Å². The third-order valence-electron chi connectivity index (χ3n) is 5.62. The minimum Gasteiger partial charge on any atom is -0.337 e. The van der Waals surface area contributed by atoms with Crippen molar-refractivity contribution in [3.63, 3.8) is 0 Å². The molecule has 32 heavy (non-hydrogen) atoms. The van der Waals surface area contributed by atoms with E-state index in [1.54, 1.807) is 48.5 Å². The van der Waals surface area contributed by atoms with Crippen molar-refractivity contribution in [1.82, 2.24) is 10.6 Å². The fraction of sp³-hybridized carbons (Fsp3) is 0.417. The minimum atomic E-state index is -0.278. The summed E-state index contributed by atoms with van der Waals surface area (Å²) in [5.74, 6) is 0. The van der Waals surface area contributed by atoms with Gasteiger partial charge in [0.2, 0.25) is 0 Å². The van der Waals surface area contributed by atoms with Crippen molar-refractivity contribution in [2.75, 3.05) is 17.2 Å². The van der Waals surface area contributed by atoms with Gasteiger partial charge in [0.1, 0.15) is 0 Å². The maximum atomic E-state index is 12.6. The van der Waals surface area contributed by atoms with E-state index in [0.717, 1.165) is 19.3 Å². The van der Waals surface area contributed by atoms with Crippen molar-refractivity contribution < 1.29 is 9.59 Å². The first-order chi connectivity index (χ1) is 15.0. The summed E-state index contributed by atoms with van der Waals surface area (Å²) in [6.07, 6.45) is 2.56. The van der Waals surface area contributed by atoms with Crippen molar-refractivity contribution in [1.29, 1.82) is 0 Å². The van der Waals surface area contributed by atoms with Crippen LogP contribution in [0.1, 0.15) is 40.0 Å². The average Bonchev–Trinajstić information content (AvgIpc) is 2.65. The van der Waals surface area contributed by atoms with Gasteiger partial charge in [-0.1, -0.05) is 56.1 Å². The van der Waals surface area contributed by atoms with Crippen LogP contribution in [0.25, 0.3) is 0 Å². The lowest BCUT2D eigenvalue weighted by molar-refractivity contribution is 0.0761. The molecular weight excluding hydrogens is 447 g/mol. The van der Waals surface area contributed by atoms with E-state index in [0.29, 0.717) is 28.0 Å². The Morgan fingerprint density at radius 2 is 1.47 bits per heavy atom. The van der Waals surface area contributed by atoms with Gasteiger partial charge >= 0.3 is 12.1 Å². The highest BCUT2D eigenvalue weighted by Gasteiger charge is 2.41. The van der Waals surface area contributed by atoms with Crippen molar-refractivity contribution in [2.45, 2.75) is 46.1 Å². The van der Waals surface area contributed by atoms with Crippen molar-refractivity contribution in [2.24, 2.45) is 10.8 Å². The molecule has 1 saturated carbocycles. The molecule has 0 unspecified atom stereocenters. The van der Waals surface area contributed by atoms with E-state index in [1.165, 1.54) is 0 Å². The first-order valence-electron chi connectivity index (χ1n) is 10.7. The number of rotatable bonds is 5. The van der Waals surface area contributed by atoms with E-state index in [4.69, 9.17) is 23.2 Å². The summed E-state index contributed by atoms with van der Waals surface area (Å²) in [5, 5.41) is 12.9. The highest BCUT2D eigenvalue weighted by molar-refractivity contribution is 6.31. The van der Waals surface area contributed by atoms with Crippen LogP contribution in [0, 0.1) is 10.8 Å².